The van der Waals surface area contributed by atoms with Crippen molar-refractivity contribution in [3.63, 3.8) is 0 Å². The standard InChI is InChI=1S/C10H9FO3/c1-6(11)7-2-8(4-12)10-9(3-7)13-5-14-10/h2-4,6H,5H2,1H3. The molecule has 0 saturated carbocycles. The lowest BCUT2D eigenvalue weighted by Gasteiger charge is -2.05. The molecule has 1 aliphatic heterocycles. The van der Waals surface area contributed by atoms with Crippen molar-refractivity contribution in [2.45, 2.75) is 13.1 Å². The first kappa shape index (κ1) is 8.99. The van der Waals surface area contributed by atoms with E-state index >= 15 is 0 Å². The van der Waals surface area contributed by atoms with Crippen LogP contribution in [0.1, 0.15) is 29.0 Å². The van der Waals surface area contributed by atoms with E-state index in [4.69, 9.17) is 9.47 Å². The third kappa shape index (κ3) is 1.32. The molecule has 4 heteroatoms. The maximum Gasteiger partial charge on any atom is 0.231 e. The van der Waals surface area contributed by atoms with E-state index in [0.717, 1.165) is 0 Å². The summed E-state index contributed by atoms with van der Waals surface area (Å²) in [5, 5.41) is 0. The van der Waals surface area contributed by atoms with Crippen molar-refractivity contribution in [1.82, 2.24) is 0 Å². The lowest BCUT2D eigenvalue weighted by molar-refractivity contribution is 0.111. The number of hydrogen-bond donors (Lipinski definition) is 0. The zero-order valence-corrected chi connectivity index (χ0v) is 7.62. The maximum absolute atomic E-state index is 13.0. The summed E-state index contributed by atoms with van der Waals surface area (Å²) in [5.74, 6) is 0.846. The van der Waals surface area contributed by atoms with Crippen LogP contribution in [0.15, 0.2) is 12.1 Å². The minimum Gasteiger partial charge on any atom is -0.454 e. The largest absolute Gasteiger partial charge is 0.454 e. The Morgan fingerprint density at radius 3 is 2.93 bits per heavy atom. The van der Waals surface area contributed by atoms with Gasteiger partial charge in [0.15, 0.2) is 17.8 Å². The number of carbonyl (C=O) groups is 1. The summed E-state index contributed by atoms with van der Waals surface area (Å²) < 4.78 is 23.2. The van der Waals surface area contributed by atoms with Crippen LogP contribution < -0.4 is 9.47 Å². The van der Waals surface area contributed by atoms with E-state index in [0.29, 0.717) is 28.9 Å². The summed E-state index contributed by atoms with van der Waals surface area (Å²) in [5.41, 5.74) is 0.760. The summed E-state index contributed by atoms with van der Waals surface area (Å²) in [6, 6.07) is 3.03. The SMILES string of the molecule is CC(F)c1cc(C=O)c2c(c1)OCO2. The van der Waals surface area contributed by atoms with Crippen LogP contribution in [-0.2, 0) is 0 Å². The first-order valence-electron chi connectivity index (χ1n) is 4.25. The van der Waals surface area contributed by atoms with Gasteiger partial charge in [0.1, 0.15) is 6.17 Å². The Morgan fingerprint density at radius 2 is 2.29 bits per heavy atom. The van der Waals surface area contributed by atoms with Crippen molar-refractivity contribution in [2.75, 3.05) is 6.79 Å². The molecule has 1 heterocycles. The number of aldehydes is 1. The van der Waals surface area contributed by atoms with E-state index in [-0.39, 0.29) is 6.79 Å². The van der Waals surface area contributed by atoms with Crippen molar-refractivity contribution in [1.29, 1.82) is 0 Å². The molecule has 0 aromatic heterocycles. The van der Waals surface area contributed by atoms with Crippen molar-refractivity contribution >= 4 is 6.29 Å². The van der Waals surface area contributed by atoms with Crippen molar-refractivity contribution < 1.29 is 18.7 Å². The van der Waals surface area contributed by atoms with E-state index < -0.39 is 6.17 Å². The Kier molecular flexibility index (Phi) is 2.11. The van der Waals surface area contributed by atoms with Gasteiger partial charge < -0.3 is 9.47 Å². The van der Waals surface area contributed by atoms with Crippen molar-refractivity contribution in [3.05, 3.63) is 23.3 Å². The van der Waals surface area contributed by atoms with E-state index in [1.165, 1.54) is 13.0 Å². The molecule has 0 fully saturated rings. The molecule has 2 rings (SSSR count). The zero-order valence-electron chi connectivity index (χ0n) is 7.62. The van der Waals surface area contributed by atoms with Crippen LogP contribution in [-0.4, -0.2) is 13.1 Å². The average molecular weight is 196 g/mol. The van der Waals surface area contributed by atoms with E-state index in [1.54, 1.807) is 6.07 Å². The highest BCUT2D eigenvalue weighted by Crippen LogP contribution is 2.37. The van der Waals surface area contributed by atoms with Gasteiger partial charge in [-0.2, -0.15) is 0 Å². The quantitative estimate of drug-likeness (QED) is 0.680. The number of ether oxygens (including phenoxy) is 2. The van der Waals surface area contributed by atoms with Gasteiger partial charge in [-0.3, -0.25) is 4.79 Å². The number of alkyl halides is 1. The van der Waals surface area contributed by atoms with Gasteiger partial charge in [-0.1, -0.05) is 0 Å². The van der Waals surface area contributed by atoms with Gasteiger partial charge >= 0.3 is 0 Å². The monoisotopic (exact) mass is 196 g/mol. The molecule has 0 bridgehead atoms. The van der Waals surface area contributed by atoms with Crippen LogP contribution in [0.4, 0.5) is 4.39 Å². The van der Waals surface area contributed by atoms with E-state index in [9.17, 15) is 9.18 Å². The molecular formula is C10H9FO3. The molecule has 3 nitrogen and oxygen atoms in total. The number of rotatable bonds is 2. The summed E-state index contributed by atoms with van der Waals surface area (Å²) in [7, 11) is 0. The van der Waals surface area contributed by atoms with Crippen LogP contribution >= 0.6 is 0 Å². The lowest BCUT2D eigenvalue weighted by Crippen LogP contribution is -1.94. The normalized spacial score (nSPS) is 15.3. The number of hydrogen-bond acceptors (Lipinski definition) is 3. The summed E-state index contributed by atoms with van der Waals surface area (Å²) in [6.07, 6.45) is -0.484. The molecule has 0 radical (unpaired) electrons. The van der Waals surface area contributed by atoms with Gasteiger partial charge in [-0.05, 0) is 24.6 Å². The summed E-state index contributed by atoms with van der Waals surface area (Å²) in [4.78, 5) is 10.7. The first-order valence-corrected chi connectivity index (χ1v) is 4.25. The fraction of sp³-hybridized carbons (Fsp3) is 0.300. The lowest BCUT2D eigenvalue weighted by atomic mass is 10.1. The molecule has 0 aliphatic carbocycles. The molecule has 14 heavy (non-hydrogen) atoms. The third-order valence-electron chi connectivity index (χ3n) is 2.11. The number of halogens is 1. The molecule has 1 unspecified atom stereocenters. The molecule has 0 amide bonds. The predicted molar refractivity (Wildman–Crippen MR) is 47.5 cm³/mol. The van der Waals surface area contributed by atoms with Crippen LogP contribution in [0.3, 0.4) is 0 Å². The second kappa shape index (κ2) is 3.29. The zero-order chi connectivity index (χ0) is 10.1. The Morgan fingerprint density at radius 1 is 1.50 bits per heavy atom. The minimum absolute atomic E-state index is 0.0836. The minimum atomic E-state index is -1.12. The van der Waals surface area contributed by atoms with Gasteiger partial charge in [-0.25, -0.2) is 4.39 Å². The Bertz CT molecular complexity index is 374. The van der Waals surface area contributed by atoms with E-state index in [2.05, 4.69) is 0 Å². The highest BCUT2D eigenvalue weighted by molar-refractivity contribution is 5.82. The average Bonchev–Trinajstić information content (AvgIpc) is 2.63. The highest BCUT2D eigenvalue weighted by Gasteiger charge is 2.20. The Hall–Kier alpha value is -1.58. The van der Waals surface area contributed by atoms with Crippen LogP contribution in [0.2, 0.25) is 0 Å². The molecular weight excluding hydrogens is 187 g/mol. The van der Waals surface area contributed by atoms with Crippen LogP contribution in [0, 0.1) is 0 Å². The molecule has 1 atom stereocenters. The second-order valence-corrected chi connectivity index (χ2v) is 3.08. The highest BCUT2D eigenvalue weighted by atomic mass is 19.1. The van der Waals surface area contributed by atoms with Crippen LogP contribution in [0.5, 0.6) is 11.5 Å². The number of fused-ring (bicyclic) bond motifs is 1. The fourth-order valence-electron chi connectivity index (χ4n) is 1.38. The molecule has 1 aliphatic rings. The van der Waals surface area contributed by atoms with Gasteiger partial charge in [0.2, 0.25) is 6.79 Å². The topological polar surface area (TPSA) is 35.5 Å². The molecule has 0 spiro atoms. The molecule has 1 aromatic carbocycles. The smallest absolute Gasteiger partial charge is 0.231 e. The summed E-state index contributed by atoms with van der Waals surface area (Å²) >= 11 is 0. The molecule has 0 saturated heterocycles. The van der Waals surface area contributed by atoms with Gasteiger partial charge in [0, 0.05) is 0 Å². The Balaban J connectivity index is 2.54. The van der Waals surface area contributed by atoms with Crippen molar-refractivity contribution in [2.24, 2.45) is 0 Å². The number of carbonyl (C=O) groups excluding carboxylic acids is 1. The molecule has 74 valence electrons. The predicted octanol–water partition coefficient (Wildman–Crippen LogP) is 2.26. The van der Waals surface area contributed by atoms with Gasteiger partial charge in [0.05, 0.1) is 5.56 Å². The third-order valence-corrected chi connectivity index (χ3v) is 2.11. The van der Waals surface area contributed by atoms with E-state index in [1.807, 2.05) is 0 Å². The van der Waals surface area contributed by atoms with Gasteiger partial charge in [-0.15, -0.1) is 0 Å². The Labute approximate surface area is 80.4 Å². The molecule has 0 N–H and O–H groups in total. The molecule has 1 aromatic rings. The number of benzene rings is 1. The maximum atomic E-state index is 13.0. The van der Waals surface area contributed by atoms with Gasteiger partial charge in [0.25, 0.3) is 0 Å². The van der Waals surface area contributed by atoms with Crippen molar-refractivity contribution in [3.8, 4) is 11.5 Å². The fourth-order valence-corrected chi connectivity index (χ4v) is 1.38. The first-order chi connectivity index (χ1) is 6.72. The van der Waals surface area contributed by atoms with Crippen LogP contribution in [0.25, 0.3) is 0 Å². The second-order valence-electron chi connectivity index (χ2n) is 3.08. The summed E-state index contributed by atoms with van der Waals surface area (Å²) in [6.45, 7) is 1.49.